The van der Waals surface area contributed by atoms with Crippen molar-refractivity contribution in [3.8, 4) is 5.82 Å². The highest BCUT2D eigenvalue weighted by atomic mass is 32.2. The van der Waals surface area contributed by atoms with Gasteiger partial charge in [-0.15, -0.1) is 0 Å². The number of nitrogens with one attached hydrogen (secondary N) is 1. The van der Waals surface area contributed by atoms with Gasteiger partial charge in [0.2, 0.25) is 5.91 Å². The monoisotopic (exact) mass is 343 g/mol. The van der Waals surface area contributed by atoms with Gasteiger partial charge in [0.05, 0.1) is 24.3 Å². The van der Waals surface area contributed by atoms with Crippen LogP contribution >= 0.6 is 11.8 Å². The molecule has 0 unspecified atom stereocenters. The molecule has 0 aromatic carbocycles. The molecule has 0 saturated heterocycles. The smallest absolute Gasteiger partial charge is 0.230 e. The third kappa shape index (κ3) is 4.02. The molecule has 0 bridgehead atoms. The van der Waals surface area contributed by atoms with E-state index < -0.39 is 0 Å². The second-order valence-electron chi connectivity index (χ2n) is 5.20. The summed E-state index contributed by atoms with van der Waals surface area (Å²) in [5.74, 6) is 1.60. The van der Waals surface area contributed by atoms with E-state index in [9.17, 15) is 4.79 Å². The molecule has 124 valence electrons. The standard InChI is InChI=1S/C16H17N5O2S/c1-11-6-12(2)21(20-11)14-7-16(19-10-18-14)24-9-15(22)17-8-13-4-3-5-23-13/h3-7,10H,8-9H2,1-2H3,(H,17,22). The van der Waals surface area contributed by atoms with Crippen molar-refractivity contribution in [2.45, 2.75) is 25.4 Å². The molecule has 3 rings (SSSR count). The Bertz CT molecular complexity index is 829. The Kier molecular flexibility index (Phi) is 4.95. The lowest BCUT2D eigenvalue weighted by molar-refractivity contribution is -0.118. The molecule has 0 aliphatic carbocycles. The van der Waals surface area contributed by atoms with Gasteiger partial charge < -0.3 is 9.73 Å². The number of aromatic nitrogens is 4. The first-order chi connectivity index (χ1) is 11.6. The van der Waals surface area contributed by atoms with E-state index in [2.05, 4.69) is 20.4 Å². The highest BCUT2D eigenvalue weighted by Crippen LogP contribution is 2.17. The fraction of sp³-hybridized carbons (Fsp3) is 0.250. The normalized spacial score (nSPS) is 10.8. The summed E-state index contributed by atoms with van der Waals surface area (Å²) in [7, 11) is 0. The molecule has 0 saturated carbocycles. The number of furan rings is 1. The molecule has 0 radical (unpaired) electrons. The SMILES string of the molecule is Cc1cc(C)n(-c2cc(SCC(=O)NCc3ccco3)ncn2)n1. The van der Waals surface area contributed by atoms with E-state index >= 15 is 0 Å². The number of amides is 1. The average molecular weight is 343 g/mol. The number of nitrogens with zero attached hydrogens (tertiary/aromatic N) is 4. The van der Waals surface area contributed by atoms with Crippen LogP contribution in [0.1, 0.15) is 17.1 Å². The fourth-order valence-corrected chi connectivity index (χ4v) is 2.87. The van der Waals surface area contributed by atoms with Gasteiger partial charge in [-0.05, 0) is 32.0 Å². The zero-order chi connectivity index (χ0) is 16.9. The van der Waals surface area contributed by atoms with Gasteiger partial charge in [0.25, 0.3) is 0 Å². The quantitative estimate of drug-likeness (QED) is 0.546. The van der Waals surface area contributed by atoms with Gasteiger partial charge in [-0.2, -0.15) is 5.10 Å². The Morgan fingerprint density at radius 3 is 2.92 bits per heavy atom. The molecular formula is C16H17N5O2S. The van der Waals surface area contributed by atoms with E-state index in [0.717, 1.165) is 22.2 Å². The van der Waals surface area contributed by atoms with E-state index in [1.54, 1.807) is 17.0 Å². The topological polar surface area (TPSA) is 85.8 Å². The Balaban J connectivity index is 1.58. The molecule has 0 aliphatic rings. The molecule has 3 aromatic heterocycles. The molecule has 24 heavy (non-hydrogen) atoms. The summed E-state index contributed by atoms with van der Waals surface area (Å²) in [5, 5.41) is 7.92. The Hall–Kier alpha value is -2.61. The van der Waals surface area contributed by atoms with Crippen molar-refractivity contribution in [2.75, 3.05) is 5.75 Å². The summed E-state index contributed by atoms with van der Waals surface area (Å²) in [4.78, 5) is 20.3. The molecule has 0 fully saturated rings. The maximum absolute atomic E-state index is 11.9. The summed E-state index contributed by atoms with van der Waals surface area (Å²) < 4.78 is 6.93. The number of hydrogen-bond donors (Lipinski definition) is 1. The molecule has 1 N–H and O–H groups in total. The van der Waals surface area contributed by atoms with Gasteiger partial charge in [0.1, 0.15) is 17.1 Å². The minimum absolute atomic E-state index is 0.0809. The van der Waals surface area contributed by atoms with Crippen molar-refractivity contribution >= 4 is 17.7 Å². The summed E-state index contributed by atoms with van der Waals surface area (Å²) >= 11 is 1.35. The second-order valence-corrected chi connectivity index (χ2v) is 6.19. The van der Waals surface area contributed by atoms with Gasteiger partial charge in [0.15, 0.2) is 5.82 Å². The lowest BCUT2D eigenvalue weighted by Crippen LogP contribution is -2.24. The predicted octanol–water partition coefficient (Wildman–Crippen LogP) is 2.28. The van der Waals surface area contributed by atoms with Crippen molar-refractivity contribution in [2.24, 2.45) is 0 Å². The molecule has 0 spiro atoms. The number of thioether (sulfide) groups is 1. The summed E-state index contributed by atoms with van der Waals surface area (Å²) in [6, 6.07) is 7.41. The molecule has 3 aromatic rings. The number of hydrogen-bond acceptors (Lipinski definition) is 6. The molecule has 0 aliphatic heterocycles. The molecular weight excluding hydrogens is 326 g/mol. The third-order valence-corrected chi connectivity index (χ3v) is 4.17. The van der Waals surface area contributed by atoms with Gasteiger partial charge in [-0.3, -0.25) is 4.79 Å². The van der Waals surface area contributed by atoms with E-state index in [4.69, 9.17) is 4.42 Å². The van der Waals surface area contributed by atoms with Crippen LogP contribution in [0.5, 0.6) is 0 Å². The third-order valence-electron chi connectivity index (χ3n) is 3.25. The highest BCUT2D eigenvalue weighted by molar-refractivity contribution is 7.99. The van der Waals surface area contributed by atoms with Crippen molar-refractivity contribution in [1.29, 1.82) is 0 Å². The average Bonchev–Trinajstić information content (AvgIpc) is 3.20. The maximum Gasteiger partial charge on any atom is 0.230 e. The first-order valence-corrected chi connectivity index (χ1v) is 8.38. The van der Waals surface area contributed by atoms with Crippen LogP contribution in [0.15, 0.2) is 46.3 Å². The predicted molar refractivity (Wildman–Crippen MR) is 89.9 cm³/mol. The molecule has 3 heterocycles. The number of carbonyl (C=O) groups is 1. The Morgan fingerprint density at radius 2 is 2.21 bits per heavy atom. The van der Waals surface area contributed by atoms with E-state index in [1.807, 2.05) is 32.0 Å². The number of aryl methyl sites for hydroxylation is 2. The molecule has 7 nitrogen and oxygen atoms in total. The van der Waals surface area contributed by atoms with Crippen molar-refractivity contribution in [1.82, 2.24) is 25.1 Å². The zero-order valence-corrected chi connectivity index (χ0v) is 14.2. The maximum atomic E-state index is 11.9. The van der Waals surface area contributed by atoms with Crippen molar-refractivity contribution < 1.29 is 9.21 Å². The van der Waals surface area contributed by atoms with Gasteiger partial charge in [-0.25, -0.2) is 14.6 Å². The molecule has 8 heteroatoms. The van der Waals surface area contributed by atoms with Crippen LogP contribution < -0.4 is 5.32 Å². The van der Waals surface area contributed by atoms with Gasteiger partial charge in [0, 0.05) is 11.8 Å². The first kappa shape index (κ1) is 16.3. The van der Waals surface area contributed by atoms with Gasteiger partial charge >= 0.3 is 0 Å². The Morgan fingerprint density at radius 1 is 1.33 bits per heavy atom. The highest BCUT2D eigenvalue weighted by Gasteiger charge is 2.09. The van der Waals surface area contributed by atoms with Crippen LogP contribution in [-0.2, 0) is 11.3 Å². The lowest BCUT2D eigenvalue weighted by Gasteiger charge is -2.06. The summed E-state index contributed by atoms with van der Waals surface area (Å²) in [5.41, 5.74) is 1.93. The van der Waals surface area contributed by atoms with Crippen LogP contribution in [0.3, 0.4) is 0 Å². The second kappa shape index (κ2) is 7.31. The lowest BCUT2D eigenvalue weighted by atomic mass is 10.4. The minimum atomic E-state index is -0.0809. The zero-order valence-electron chi connectivity index (χ0n) is 13.4. The van der Waals surface area contributed by atoms with Crippen LogP contribution in [0.25, 0.3) is 5.82 Å². The van der Waals surface area contributed by atoms with Crippen molar-refractivity contribution in [3.63, 3.8) is 0 Å². The van der Waals surface area contributed by atoms with Crippen LogP contribution in [0.2, 0.25) is 0 Å². The summed E-state index contributed by atoms with van der Waals surface area (Å²) in [6.45, 7) is 4.29. The molecule has 1 amide bonds. The van der Waals surface area contributed by atoms with Crippen molar-refractivity contribution in [3.05, 3.63) is 54.0 Å². The number of carbonyl (C=O) groups excluding carboxylic acids is 1. The van der Waals surface area contributed by atoms with Gasteiger partial charge in [-0.1, -0.05) is 11.8 Å². The van der Waals surface area contributed by atoms with E-state index in [0.29, 0.717) is 12.4 Å². The van der Waals surface area contributed by atoms with E-state index in [-0.39, 0.29) is 11.7 Å². The number of rotatable bonds is 6. The summed E-state index contributed by atoms with van der Waals surface area (Å²) in [6.07, 6.45) is 3.06. The van der Waals surface area contributed by atoms with Crippen LogP contribution in [0.4, 0.5) is 0 Å². The Labute approximate surface area is 143 Å². The van der Waals surface area contributed by atoms with Crippen LogP contribution in [-0.4, -0.2) is 31.4 Å². The minimum Gasteiger partial charge on any atom is -0.467 e. The first-order valence-electron chi connectivity index (χ1n) is 7.39. The largest absolute Gasteiger partial charge is 0.467 e. The van der Waals surface area contributed by atoms with E-state index in [1.165, 1.54) is 18.1 Å². The van der Waals surface area contributed by atoms with Crippen LogP contribution in [0, 0.1) is 13.8 Å². The fourth-order valence-electron chi connectivity index (χ4n) is 2.17. The molecule has 0 atom stereocenters.